The van der Waals surface area contributed by atoms with Crippen LogP contribution in [0.25, 0.3) is 0 Å². The van der Waals surface area contributed by atoms with Crippen LogP contribution in [0.1, 0.15) is 11.1 Å². The highest BCUT2D eigenvalue weighted by Crippen LogP contribution is 2.26. The number of halogens is 2. The van der Waals surface area contributed by atoms with Gasteiger partial charge in [0, 0.05) is 14.6 Å². The zero-order valence-corrected chi connectivity index (χ0v) is 14.9. The van der Waals surface area contributed by atoms with Gasteiger partial charge >= 0.3 is 0 Å². The lowest BCUT2D eigenvalue weighted by molar-refractivity contribution is -0.118. The molecular weight excluding hydrogens is 398 g/mol. The van der Waals surface area contributed by atoms with Crippen molar-refractivity contribution in [2.24, 2.45) is 0 Å². The fourth-order valence-electron chi connectivity index (χ4n) is 1.87. The molecule has 2 aromatic carbocycles. The van der Waals surface area contributed by atoms with Gasteiger partial charge in [-0.2, -0.15) is 0 Å². The zero-order chi connectivity index (χ0) is 15.4. The number of rotatable bonds is 4. The number of amides is 1. The second-order valence-corrected chi connectivity index (χ2v) is 6.42. The van der Waals surface area contributed by atoms with E-state index in [-0.39, 0.29) is 12.5 Å². The summed E-state index contributed by atoms with van der Waals surface area (Å²) in [4.78, 5) is 11.9. The molecule has 0 aliphatic rings. The number of carbonyl (C=O) groups excluding carboxylic acids is 1. The smallest absolute Gasteiger partial charge is 0.262 e. The Morgan fingerprint density at radius 1 is 1.10 bits per heavy atom. The number of ether oxygens (including phenoxy) is 1. The van der Waals surface area contributed by atoms with E-state index in [1.54, 1.807) is 0 Å². The minimum atomic E-state index is -0.185. The minimum Gasteiger partial charge on any atom is -0.484 e. The standard InChI is InChI=1S/C16H15Br2NO2/c1-10-7-14(8-11(2)16(10)18)21-9-15(20)19-13-5-3-12(17)4-6-13/h3-8H,9H2,1-2H3,(H,19,20). The number of hydrogen-bond acceptors (Lipinski definition) is 2. The van der Waals surface area contributed by atoms with Crippen LogP contribution in [0.15, 0.2) is 45.3 Å². The molecule has 0 aliphatic carbocycles. The Labute approximate surface area is 141 Å². The highest BCUT2D eigenvalue weighted by atomic mass is 79.9. The fraction of sp³-hybridized carbons (Fsp3) is 0.188. The maximum absolute atomic E-state index is 11.9. The molecule has 1 N–H and O–H groups in total. The van der Waals surface area contributed by atoms with Gasteiger partial charge in [0.25, 0.3) is 5.91 Å². The Hall–Kier alpha value is -1.33. The van der Waals surface area contributed by atoms with Gasteiger partial charge in [-0.15, -0.1) is 0 Å². The maximum Gasteiger partial charge on any atom is 0.262 e. The van der Waals surface area contributed by atoms with E-state index in [9.17, 15) is 4.79 Å². The zero-order valence-electron chi connectivity index (χ0n) is 11.7. The molecule has 0 unspecified atom stereocenters. The predicted octanol–water partition coefficient (Wildman–Crippen LogP) is 4.85. The molecular formula is C16H15Br2NO2. The summed E-state index contributed by atoms with van der Waals surface area (Å²) in [6.45, 7) is 3.97. The van der Waals surface area contributed by atoms with Gasteiger partial charge in [-0.05, 0) is 61.4 Å². The molecule has 0 aliphatic heterocycles. The third kappa shape index (κ3) is 4.58. The average molecular weight is 413 g/mol. The van der Waals surface area contributed by atoms with Crippen molar-refractivity contribution in [3.05, 3.63) is 56.5 Å². The average Bonchev–Trinajstić information content (AvgIpc) is 2.45. The molecule has 0 atom stereocenters. The number of aryl methyl sites for hydroxylation is 2. The van der Waals surface area contributed by atoms with Crippen LogP contribution in [0, 0.1) is 13.8 Å². The van der Waals surface area contributed by atoms with Gasteiger partial charge in [0.1, 0.15) is 5.75 Å². The third-order valence-corrected chi connectivity index (χ3v) is 4.69. The molecule has 0 heterocycles. The molecule has 0 bridgehead atoms. The van der Waals surface area contributed by atoms with E-state index in [0.717, 1.165) is 25.8 Å². The molecule has 3 nitrogen and oxygen atoms in total. The molecule has 0 spiro atoms. The van der Waals surface area contributed by atoms with Crippen molar-refractivity contribution in [2.45, 2.75) is 13.8 Å². The minimum absolute atomic E-state index is 0.0173. The number of anilines is 1. The lowest BCUT2D eigenvalue weighted by Gasteiger charge is -2.10. The van der Waals surface area contributed by atoms with Crippen LogP contribution in [-0.4, -0.2) is 12.5 Å². The van der Waals surface area contributed by atoms with E-state index in [2.05, 4.69) is 37.2 Å². The van der Waals surface area contributed by atoms with Gasteiger partial charge in [0.05, 0.1) is 0 Å². The fourth-order valence-corrected chi connectivity index (χ4v) is 2.36. The lowest BCUT2D eigenvalue weighted by atomic mass is 10.1. The van der Waals surface area contributed by atoms with Crippen molar-refractivity contribution in [3.63, 3.8) is 0 Å². The van der Waals surface area contributed by atoms with Gasteiger partial charge in [0.15, 0.2) is 6.61 Å². The molecule has 0 saturated heterocycles. The van der Waals surface area contributed by atoms with E-state index < -0.39 is 0 Å². The van der Waals surface area contributed by atoms with Crippen LogP contribution in [0.3, 0.4) is 0 Å². The van der Waals surface area contributed by atoms with E-state index in [1.807, 2.05) is 50.2 Å². The van der Waals surface area contributed by atoms with Crippen molar-refractivity contribution < 1.29 is 9.53 Å². The first-order chi connectivity index (χ1) is 9.95. The summed E-state index contributed by atoms with van der Waals surface area (Å²) in [5.74, 6) is 0.509. The predicted molar refractivity (Wildman–Crippen MR) is 91.9 cm³/mol. The summed E-state index contributed by atoms with van der Waals surface area (Å²) >= 11 is 6.86. The quantitative estimate of drug-likeness (QED) is 0.779. The Bertz CT molecular complexity index is 631. The van der Waals surface area contributed by atoms with E-state index in [1.165, 1.54) is 0 Å². The molecule has 2 rings (SSSR count). The monoisotopic (exact) mass is 411 g/mol. The first-order valence-corrected chi connectivity index (χ1v) is 7.99. The van der Waals surface area contributed by atoms with Crippen LogP contribution in [0.5, 0.6) is 5.75 Å². The number of nitrogens with one attached hydrogen (secondary N) is 1. The highest BCUT2D eigenvalue weighted by molar-refractivity contribution is 9.10. The molecule has 0 saturated carbocycles. The molecule has 0 aromatic heterocycles. The number of benzene rings is 2. The van der Waals surface area contributed by atoms with Crippen molar-refractivity contribution in [3.8, 4) is 5.75 Å². The van der Waals surface area contributed by atoms with Crippen molar-refractivity contribution >= 4 is 43.5 Å². The lowest BCUT2D eigenvalue weighted by Crippen LogP contribution is -2.20. The van der Waals surface area contributed by atoms with Crippen LogP contribution in [0.4, 0.5) is 5.69 Å². The van der Waals surface area contributed by atoms with Crippen molar-refractivity contribution in [2.75, 3.05) is 11.9 Å². The summed E-state index contributed by atoms with van der Waals surface area (Å²) in [6.07, 6.45) is 0. The maximum atomic E-state index is 11.9. The Kier molecular flexibility index (Phi) is 5.42. The van der Waals surface area contributed by atoms with E-state index in [0.29, 0.717) is 5.75 Å². The van der Waals surface area contributed by atoms with E-state index >= 15 is 0 Å². The normalized spacial score (nSPS) is 10.3. The summed E-state index contributed by atoms with van der Waals surface area (Å²) in [7, 11) is 0. The second kappa shape index (κ2) is 7.09. The van der Waals surface area contributed by atoms with Crippen LogP contribution >= 0.6 is 31.9 Å². The van der Waals surface area contributed by atoms with E-state index in [4.69, 9.17) is 4.74 Å². The molecule has 2 aromatic rings. The van der Waals surface area contributed by atoms with Gasteiger partial charge in [0.2, 0.25) is 0 Å². The molecule has 1 amide bonds. The largest absolute Gasteiger partial charge is 0.484 e. The highest BCUT2D eigenvalue weighted by Gasteiger charge is 2.06. The van der Waals surface area contributed by atoms with Crippen molar-refractivity contribution in [1.29, 1.82) is 0 Å². The molecule has 21 heavy (non-hydrogen) atoms. The van der Waals surface area contributed by atoms with Crippen LogP contribution in [0.2, 0.25) is 0 Å². The Balaban J connectivity index is 1.93. The summed E-state index contributed by atoms with van der Waals surface area (Å²) in [6, 6.07) is 11.2. The van der Waals surface area contributed by atoms with Gasteiger partial charge in [-0.25, -0.2) is 0 Å². The molecule has 0 radical (unpaired) electrons. The number of hydrogen-bond donors (Lipinski definition) is 1. The van der Waals surface area contributed by atoms with Crippen LogP contribution < -0.4 is 10.1 Å². The van der Waals surface area contributed by atoms with Gasteiger partial charge < -0.3 is 10.1 Å². The SMILES string of the molecule is Cc1cc(OCC(=O)Nc2ccc(Br)cc2)cc(C)c1Br. The third-order valence-electron chi connectivity index (χ3n) is 2.91. The first kappa shape index (κ1) is 16.0. The van der Waals surface area contributed by atoms with Gasteiger partial charge in [-0.3, -0.25) is 4.79 Å². The second-order valence-electron chi connectivity index (χ2n) is 4.71. The molecule has 110 valence electrons. The first-order valence-electron chi connectivity index (χ1n) is 6.40. The summed E-state index contributed by atoms with van der Waals surface area (Å²) < 4.78 is 7.57. The van der Waals surface area contributed by atoms with Crippen LogP contribution in [-0.2, 0) is 4.79 Å². The van der Waals surface area contributed by atoms with Crippen molar-refractivity contribution in [1.82, 2.24) is 0 Å². The van der Waals surface area contributed by atoms with Gasteiger partial charge in [-0.1, -0.05) is 31.9 Å². The summed E-state index contributed by atoms with van der Waals surface area (Å²) in [5, 5.41) is 2.79. The Morgan fingerprint density at radius 2 is 1.67 bits per heavy atom. The Morgan fingerprint density at radius 3 is 2.24 bits per heavy atom. The molecule has 5 heteroatoms. The number of carbonyl (C=O) groups is 1. The molecule has 0 fully saturated rings. The topological polar surface area (TPSA) is 38.3 Å². The summed E-state index contributed by atoms with van der Waals surface area (Å²) in [5.41, 5.74) is 2.91.